The summed E-state index contributed by atoms with van der Waals surface area (Å²) < 4.78 is 27.4. The number of hydrogen-bond donors (Lipinski definition) is 0. The first-order chi connectivity index (χ1) is 10.8. The number of aryl methyl sites for hydroxylation is 1. The molecule has 3 rings (SSSR count). The standard InChI is InChI=1S/C15H11IN2O4S/c1-10-2-5-12(6-3-10)23(21,22)17-9-14(16)13-8-11(18(19)20)4-7-15(13)17/h2-9H,1H3. The second-order valence-electron chi connectivity index (χ2n) is 5.05. The Balaban J connectivity index is 2.24. The van der Waals surface area contributed by atoms with Crippen molar-refractivity contribution in [2.24, 2.45) is 0 Å². The molecule has 0 saturated heterocycles. The molecule has 1 heterocycles. The molecule has 0 bridgehead atoms. The van der Waals surface area contributed by atoms with Crippen LogP contribution < -0.4 is 0 Å². The van der Waals surface area contributed by atoms with Crippen LogP contribution in [0.25, 0.3) is 10.9 Å². The maximum atomic E-state index is 12.8. The molecule has 0 amide bonds. The average molecular weight is 442 g/mol. The molecule has 2 aromatic carbocycles. The highest BCUT2D eigenvalue weighted by Gasteiger charge is 2.22. The van der Waals surface area contributed by atoms with Gasteiger partial charge < -0.3 is 0 Å². The lowest BCUT2D eigenvalue weighted by Gasteiger charge is -2.07. The Morgan fingerprint density at radius 1 is 1.13 bits per heavy atom. The van der Waals surface area contributed by atoms with Crippen molar-refractivity contribution in [3.8, 4) is 0 Å². The van der Waals surface area contributed by atoms with Crippen molar-refractivity contribution in [1.82, 2.24) is 3.97 Å². The fourth-order valence-corrected chi connectivity index (χ4v) is 4.55. The summed E-state index contributed by atoms with van der Waals surface area (Å²) in [6.07, 6.45) is 1.48. The molecule has 0 unspecified atom stereocenters. The van der Waals surface area contributed by atoms with Gasteiger partial charge in [0, 0.05) is 27.3 Å². The van der Waals surface area contributed by atoms with Crippen molar-refractivity contribution < 1.29 is 13.3 Å². The van der Waals surface area contributed by atoms with Gasteiger partial charge in [-0.2, -0.15) is 0 Å². The maximum absolute atomic E-state index is 12.8. The highest BCUT2D eigenvalue weighted by atomic mass is 127. The zero-order chi connectivity index (χ0) is 16.8. The zero-order valence-corrected chi connectivity index (χ0v) is 14.9. The maximum Gasteiger partial charge on any atom is 0.270 e. The Morgan fingerprint density at radius 2 is 1.78 bits per heavy atom. The van der Waals surface area contributed by atoms with E-state index in [-0.39, 0.29) is 10.6 Å². The van der Waals surface area contributed by atoms with Crippen LogP contribution in [0.1, 0.15) is 5.56 Å². The molecule has 118 valence electrons. The van der Waals surface area contributed by atoms with Gasteiger partial charge in [-0.1, -0.05) is 17.7 Å². The van der Waals surface area contributed by atoms with E-state index in [0.717, 1.165) is 5.56 Å². The first-order valence-electron chi connectivity index (χ1n) is 6.58. The minimum atomic E-state index is -3.75. The van der Waals surface area contributed by atoms with Gasteiger partial charge in [0.15, 0.2) is 0 Å². The second kappa shape index (κ2) is 5.60. The number of nitrogens with zero attached hydrogens (tertiary/aromatic N) is 2. The monoisotopic (exact) mass is 442 g/mol. The molecule has 0 radical (unpaired) electrons. The molecule has 0 aliphatic carbocycles. The van der Waals surface area contributed by atoms with Gasteiger partial charge in [-0.15, -0.1) is 0 Å². The Kier molecular flexibility index (Phi) is 3.88. The van der Waals surface area contributed by atoms with Gasteiger partial charge in [-0.3, -0.25) is 10.1 Å². The minimum Gasteiger partial charge on any atom is -0.258 e. The Hall–Kier alpha value is -1.94. The van der Waals surface area contributed by atoms with Crippen LogP contribution in [-0.2, 0) is 10.0 Å². The number of halogens is 1. The predicted octanol–water partition coefficient (Wildman–Crippen LogP) is 3.70. The van der Waals surface area contributed by atoms with E-state index in [0.29, 0.717) is 14.5 Å². The predicted molar refractivity (Wildman–Crippen MR) is 95.1 cm³/mol. The Morgan fingerprint density at radius 3 is 2.39 bits per heavy atom. The summed E-state index contributed by atoms with van der Waals surface area (Å²) >= 11 is 1.98. The first-order valence-corrected chi connectivity index (χ1v) is 9.10. The average Bonchev–Trinajstić information content (AvgIpc) is 2.85. The van der Waals surface area contributed by atoms with Crippen molar-refractivity contribution in [2.75, 3.05) is 0 Å². The van der Waals surface area contributed by atoms with Crippen LogP contribution >= 0.6 is 22.6 Å². The third-order valence-electron chi connectivity index (χ3n) is 3.49. The summed E-state index contributed by atoms with van der Waals surface area (Å²) in [5.74, 6) is 0. The van der Waals surface area contributed by atoms with Crippen molar-refractivity contribution in [2.45, 2.75) is 11.8 Å². The van der Waals surface area contributed by atoms with Crippen molar-refractivity contribution >= 4 is 49.2 Å². The van der Waals surface area contributed by atoms with Crippen LogP contribution in [0.5, 0.6) is 0 Å². The molecule has 0 N–H and O–H groups in total. The zero-order valence-electron chi connectivity index (χ0n) is 11.9. The molecule has 3 aromatic rings. The molecule has 8 heteroatoms. The molecule has 6 nitrogen and oxygen atoms in total. The molecule has 0 atom stereocenters. The SMILES string of the molecule is Cc1ccc(S(=O)(=O)n2cc(I)c3cc([N+](=O)[O-])ccc32)cc1. The molecule has 0 saturated carbocycles. The normalized spacial score (nSPS) is 11.7. The van der Waals surface area contributed by atoms with E-state index in [4.69, 9.17) is 0 Å². The fourth-order valence-electron chi connectivity index (χ4n) is 2.29. The molecule has 0 spiro atoms. The summed E-state index contributed by atoms with van der Waals surface area (Å²) in [6.45, 7) is 1.88. The van der Waals surface area contributed by atoms with Gasteiger partial charge in [-0.25, -0.2) is 12.4 Å². The highest BCUT2D eigenvalue weighted by Crippen LogP contribution is 2.30. The molecule has 1 aromatic heterocycles. The van der Waals surface area contributed by atoms with E-state index in [1.54, 1.807) is 24.3 Å². The van der Waals surface area contributed by atoms with E-state index < -0.39 is 14.9 Å². The molecule has 0 aliphatic rings. The fraction of sp³-hybridized carbons (Fsp3) is 0.0667. The number of nitro groups is 1. The van der Waals surface area contributed by atoms with Gasteiger partial charge in [0.1, 0.15) is 0 Å². The van der Waals surface area contributed by atoms with E-state index >= 15 is 0 Å². The van der Waals surface area contributed by atoms with Gasteiger partial charge in [-0.05, 0) is 47.7 Å². The van der Waals surface area contributed by atoms with Gasteiger partial charge in [0.05, 0.1) is 15.3 Å². The van der Waals surface area contributed by atoms with Crippen LogP contribution in [-0.4, -0.2) is 17.3 Å². The first kappa shape index (κ1) is 15.9. The van der Waals surface area contributed by atoms with Crippen LogP contribution in [0.15, 0.2) is 53.6 Å². The van der Waals surface area contributed by atoms with E-state index in [2.05, 4.69) is 0 Å². The Bertz CT molecular complexity index is 1020. The van der Waals surface area contributed by atoms with E-state index in [1.165, 1.54) is 28.4 Å². The molecule has 23 heavy (non-hydrogen) atoms. The molecule has 0 aliphatic heterocycles. The lowest BCUT2D eigenvalue weighted by atomic mass is 10.2. The number of aromatic nitrogens is 1. The minimum absolute atomic E-state index is 0.0686. The van der Waals surface area contributed by atoms with Crippen molar-refractivity contribution in [1.29, 1.82) is 0 Å². The van der Waals surface area contributed by atoms with Gasteiger partial charge in [0.2, 0.25) is 0 Å². The lowest BCUT2D eigenvalue weighted by molar-refractivity contribution is -0.384. The van der Waals surface area contributed by atoms with Gasteiger partial charge >= 0.3 is 0 Å². The molecular formula is C15H11IN2O4S. The number of fused-ring (bicyclic) bond motifs is 1. The topological polar surface area (TPSA) is 82.2 Å². The molecule has 0 fully saturated rings. The number of hydrogen-bond acceptors (Lipinski definition) is 4. The summed E-state index contributed by atoms with van der Waals surface area (Å²) in [5.41, 5.74) is 1.31. The van der Waals surface area contributed by atoms with E-state index in [1.807, 2.05) is 29.5 Å². The van der Waals surface area contributed by atoms with Crippen LogP contribution in [0.4, 0.5) is 5.69 Å². The van der Waals surface area contributed by atoms with Gasteiger partial charge in [0.25, 0.3) is 15.7 Å². The van der Waals surface area contributed by atoms with Crippen molar-refractivity contribution in [3.63, 3.8) is 0 Å². The van der Waals surface area contributed by atoms with Crippen LogP contribution in [0.2, 0.25) is 0 Å². The summed E-state index contributed by atoms with van der Waals surface area (Å²) in [7, 11) is -3.75. The summed E-state index contributed by atoms with van der Waals surface area (Å²) in [6, 6.07) is 10.7. The number of nitro benzene ring substituents is 1. The third kappa shape index (κ3) is 2.72. The van der Waals surface area contributed by atoms with Crippen LogP contribution in [0, 0.1) is 20.6 Å². The summed E-state index contributed by atoms with van der Waals surface area (Å²) in [4.78, 5) is 10.6. The van der Waals surface area contributed by atoms with Crippen molar-refractivity contribution in [3.05, 3.63) is 67.9 Å². The number of non-ortho nitro benzene ring substituents is 1. The lowest BCUT2D eigenvalue weighted by Crippen LogP contribution is -2.11. The Labute approximate surface area is 146 Å². The number of benzene rings is 2. The second-order valence-corrected chi connectivity index (χ2v) is 8.03. The van der Waals surface area contributed by atoms with E-state index in [9.17, 15) is 18.5 Å². The number of rotatable bonds is 3. The largest absolute Gasteiger partial charge is 0.270 e. The third-order valence-corrected chi connectivity index (χ3v) is 6.04. The molecular weight excluding hydrogens is 431 g/mol. The summed E-state index contributed by atoms with van der Waals surface area (Å²) in [5, 5.41) is 11.4. The smallest absolute Gasteiger partial charge is 0.258 e. The quantitative estimate of drug-likeness (QED) is 0.352. The highest BCUT2D eigenvalue weighted by molar-refractivity contribution is 14.1. The van der Waals surface area contributed by atoms with Crippen LogP contribution in [0.3, 0.4) is 0 Å².